The predicted octanol–water partition coefficient (Wildman–Crippen LogP) is 2.08. The van der Waals surface area contributed by atoms with Gasteiger partial charge in [0.2, 0.25) is 0 Å². The highest BCUT2D eigenvalue weighted by molar-refractivity contribution is 6.93. The highest BCUT2D eigenvalue weighted by Gasteiger charge is 1.94. The second-order valence-electron chi connectivity index (χ2n) is 2.01. The van der Waals surface area contributed by atoms with E-state index in [4.69, 9.17) is 13.8 Å². The van der Waals surface area contributed by atoms with Gasteiger partial charge in [-0.25, -0.2) is 0 Å². The largest absolute Gasteiger partial charge is 0.500 e. The van der Waals surface area contributed by atoms with Gasteiger partial charge in [-0.3, -0.25) is 0 Å². The first kappa shape index (κ1) is 10.0. The SMILES string of the molecule is C1CCOC1.C[CH2][Mg][Cl]. The lowest BCUT2D eigenvalue weighted by Gasteiger charge is -1.76. The van der Waals surface area contributed by atoms with Gasteiger partial charge in [-0.05, 0) is 12.8 Å². The van der Waals surface area contributed by atoms with Crippen LogP contribution in [0.5, 0.6) is 0 Å². The van der Waals surface area contributed by atoms with E-state index in [1.807, 2.05) is 0 Å². The summed E-state index contributed by atoms with van der Waals surface area (Å²) in [5, 5.41) is 0. The summed E-state index contributed by atoms with van der Waals surface area (Å²) in [4.78, 5) is 0. The molecule has 1 nitrogen and oxygen atoms in total. The molecule has 0 N–H and O–H groups in total. The molecule has 9 heavy (non-hydrogen) atoms. The standard InChI is InChI=1S/C4H8O.C2H5.ClH.Mg/c1-2-4-5-3-1;1-2;;/h1-4H2;1H2,2H3;1H;/q;;;+1/p-1. The maximum Gasteiger partial charge on any atom is 0.500 e. The molecular weight excluding hydrogens is 148 g/mol. The number of hydrogen-bond acceptors (Lipinski definition) is 1. The van der Waals surface area contributed by atoms with Gasteiger partial charge in [-0.15, -0.1) is 4.55 Å². The van der Waals surface area contributed by atoms with Crippen LogP contribution in [0.2, 0.25) is 4.55 Å². The van der Waals surface area contributed by atoms with Crippen molar-refractivity contribution in [2.75, 3.05) is 13.2 Å². The zero-order chi connectivity index (χ0) is 6.95. The van der Waals surface area contributed by atoms with Gasteiger partial charge in [-0.1, -0.05) is 6.92 Å². The highest BCUT2D eigenvalue weighted by Crippen LogP contribution is 1.98. The zero-order valence-corrected chi connectivity index (χ0v) is 8.20. The Morgan fingerprint density at radius 2 is 1.89 bits per heavy atom. The molecule has 0 amide bonds. The van der Waals surface area contributed by atoms with E-state index in [0.717, 1.165) is 13.2 Å². The fourth-order valence-electron chi connectivity index (χ4n) is 0.510. The van der Waals surface area contributed by atoms with Crippen LogP contribution in [0.4, 0.5) is 0 Å². The van der Waals surface area contributed by atoms with Crippen molar-refractivity contribution in [1.82, 2.24) is 0 Å². The normalized spacial score (nSPS) is 15.8. The average molecular weight is 161 g/mol. The second kappa shape index (κ2) is 9.02. The van der Waals surface area contributed by atoms with Crippen molar-refractivity contribution in [2.45, 2.75) is 24.3 Å². The van der Waals surface area contributed by atoms with E-state index < -0.39 is 0 Å². The maximum atomic E-state index is 5.32. The lowest BCUT2D eigenvalue weighted by Crippen LogP contribution is -1.74. The van der Waals surface area contributed by atoms with Gasteiger partial charge < -0.3 is 13.8 Å². The summed E-state index contributed by atoms with van der Waals surface area (Å²) in [7, 11) is 5.32. The molecule has 1 fully saturated rings. The first-order chi connectivity index (χ1) is 4.41. The van der Waals surface area contributed by atoms with Crippen molar-refractivity contribution < 1.29 is 4.74 Å². The van der Waals surface area contributed by atoms with E-state index in [-0.39, 0.29) is 19.3 Å². The summed E-state index contributed by atoms with van der Waals surface area (Å²) in [6, 6.07) is 0. The van der Waals surface area contributed by atoms with E-state index in [1.54, 1.807) is 0 Å². The highest BCUT2D eigenvalue weighted by atomic mass is 35.5. The third-order valence-electron chi connectivity index (χ3n) is 1.02. The molecule has 52 valence electrons. The minimum absolute atomic E-state index is 0.103. The molecular formula is C6H13ClMgO. The van der Waals surface area contributed by atoms with Crippen LogP contribution in [0.15, 0.2) is 0 Å². The van der Waals surface area contributed by atoms with Gasteiger partial charge >= 0.3 is 19.3 Å². The first-order valence-corrected chi connectivity index (χ1v) is 6.69. The van der Waals surface area contributed by atoms with Crippen molar-refractivity contribution in [3.63, 3.8) is 0 Å². The monoisotopic (exact) mass is 160 g/mol. The molecule has 0 radical (unpaired) electrons. The summed E-state index contributed by atoms with van der Waals surface area (Å²) in [5.41, 5.74) is 0. The molecule has 1 saturated heterocycles. The van der Waals surface area contributed by atoms with Gasteiger partial charge in [0.05, 0.1) is 0 Å². The van der Waals surface area contributed by atoms with Crippen molar-refractivity contribution in [3.8, 4) is 0 Å². The summed E-state index contributed by atoms with van der Waals surface area (Å²) < 4.78 is 6.17. The topological polar surface area (TPSA) is 9.23 Å². The Morgan fingerprint density at radius 1 is 1.44 bits per heavy atom. The van der Waals surface area contributed by atoms with Crippen LogP contribution in [0, 0.1) is 0 Å². The molecule has 0 atom stereocenters. The van der Waals surface area contributed by atoms with Gasteiger partial charge in [0.15, 0.2) is 0 Å². The fourth-order valence-corrected chi connectivity index (χ4v) is 0.510. The van der Waals surface area contributed by atoms with E-state index in [2.05, 4.69) is 6.92 Å². The van der Waals surface area contributed by atoms with Crippen molar-refractivity contribution in [2.24, 2.45) is 0 Å². The third-order valence-corrected chi connectivity index (χ3v) is 2.53. The average Bonchev–Trinajstić information content (AvgIpc) is 2.43. The molecule has 0 aliphatic carbocycles. The maximum absolute atomic E-state index is 5.32. The Morgan fingerprint density at radius 3 is 2.00 bits per heavy atom. The second-order valence-corrected chi connectivity index (χ2v) is 4.52. The molecule has 1 aliphatic heterocycles. The number of ether oxygens (including phenoxy) is 1. The molecule has 1 rings (SSSR count). The Labute approximate surface area is 70.6 Å². The minimum atomic E-state index is -0.103. The third kappa shape index (κ3) is 9.02. The Hall–Kier alpha value is 1.02. The van der Waals surface area contributed by atoms with Gasteiger partial charge in [0.25, 0.3) is 0 Å². The van der Waals surface area contributed by atoms with Crippen molar-refractivity contribution in [3.05, 3.63) is 0 Å². The molecule has 0 unspecified atom stereocenters. The van der Waals surface area contributed by atoms with Crippen molar-refractivity contribution in [1.29, 1.82) is 0 Å². The first-order valence-electron chi connectivity index (χ1n) is 3.55. The smallest absolute Gasteiger partial charge is 0.381 e. The van der Waals surface area contributed by atoms with Crippen LogP contribution in [-0.2, 0) is 4.74 Å². The van der Waals surface area contributed by atoms with E-state index >= 15 is 0 Å². The Balaban J connectivity index is 0.000000148. The lowest BCUT2D eigenvalue weighted by molar-refractivity contribution is 0.198. The molecule has 1 heterocycles. The summed E-state index contributed by atoms with van der Waals surface area (Å²) >= 11 is -0.103. The number of rotatable bonds is 1. The quantitative estimate of drug-likeness (QED) is 0.534. The van der Waals surface area contributed by atoms with E-state index in [9.17, 15) is 0 Å². The summed E-state index contributed by atoms with van der Waals surface area (Å²) in [6.07, 6.45) is 2.56. The number of halogens is 1. The molecule has 0 aromatic carbocycles. The van der Waals surface area contributed by atoms with Crippen LogP contribution in [-0.4, -0.2) is 32.5 Å². The van der Waals surface area contributed by atoms with Crippen LogP contribution in [0.25, 0.3) is 0 Å². The van der Waals surface area contributed by atoms with Crippen LogP contribution < -0.4 is 0 Å². The van der Waals surface area contributed by atoms with Crippen LogP contribution in [0.1, 0.15) is 19.8 Å². The van der Waals surface area contributed by atoms with Gasteiger partial charge in [0, 0.05) is 13.2 Å². The lowest BCUT2D eigenvalue weighted by atomic mass is 10.4. The summed E-state index contributed by atoms with van der Waals surface area (Å²) in [5.74, 6) is 0. The molecule has 3 heteroatoms. The number of hydrogen-bond donors (Lipinski definition) is 0. The molecule has 0 saturated carbocycles. The van der Waals surface area contributed by atoms with Crippen molar-refractivity contribution >= 4 is 28.3 Å². The van der Waals surface area contributed by atoms with Gasteiger partial charge in [0.1, 0.15) is 0 Å². The molecule has 0 aromatic heterocycles. The molecule has 0 bridgehead atoms. The molecule has 1 aliphatic rings. The van der Waals surface area contributed by atoms with Gasteiger partial charge in [-0.2, -0.15) is 0 Å². The zero-order valence-electron chi connectivity index (χ0n) is 6.03. The Kier molecular flexibility index (Phi) is 10.0. The predicted molar refractivity (Wildman–Crippen MR) is 42.1 cm³/mol. The fraction of sp³-hybridized carbons (Fsp3) is 1.00. The molecule has 0 spiro atoms. The van der Waals surface area contributed by atoms with Crippen LogP contribution in [0.3, 0.4) is 0 Å². The minimum Gasteiger partial charge on any atom is -0.381 e. The van der Waals surface area contributed by atoms with E-state index in [0.29, 0.717) is 0 Å². The molecule has 0 aromatic rings. The summed E-state index contributed by atoms with van der Waals surface area (Å²) in [6.45, 7) is 4.11. The Bertz CT molecular complexity index is 38.7. The van der Waals surface area contributed by atoms with Crippen LogP contribution >= 0.6 is 9.07 Å². The van der Waals surface area contributed by atoms with E-state index in [1.165, 1.54) is 17.4 Å².